The van der Waals surface area contributed by atoms with Gasteiger partial charge in [0.1, 0.15) is 0 Å². The molecule has 22 heavy (non-hydrogen) atoms. The van der Waals surface area contributed by atoms with Crippen LogP contribution in [0.3, 0.4) is 0 Å². The highest BCUT2D eigenvalue weighted by Crippen LogP contribution is 2.27. The topological polar surface area (TPSA) is 66.4 Å². The molecule has 1 atom stereocenters. The van der Waals surface area contributed by atoms with Crippen LogP contribution >= 0.6 is 11.6 Å². The van der Waals surface area contributed by atoms with E-state index in [1.807, 2.05) is 0 Å². The van der Waals surface area contributed by atoms with Crippen molar-refractivity contribution in [3.63, 3.8) is 0 Å². The number of carboxylic acids is 1. The number of rotatable bonds is 5. The first-order chi connectivity index (χ1) is 10.5. The van der Waals surface area contributed by atoms with Crippen LogP contribution in [0.1, 0.15) is 29.3 Å². The van der Waals surface area contributed by atoms with Crippen LogP contribution in [0.2, 0.25) is 5.02 Å². The zero-order chi connectivity index (χ0) is 16.2. The molecule has 114 valence electrons. The number of hydrogen-bond donors (Lipinski definition) is 2. The van der Waals surface area contributed by atoms with Crippen LogP contribution in [-0.4, -0.2) is 17.0 Å². The molecule has 2 rings (SSSR count). The van der Waals surface area contributed by atoms with Gasteiger partial charge in [-0.25, -0.2) is 4.79 Å². The van der Waals surface area contributed by atoms with Gasteiger partial charge in [-0.3, -0.25) is 4.79 Å². The van der Waals surface area contributed by atoms with Crippen molar-refractivity contribution in [2.45, 2.75) is 18.9 Å². The first-order valence-corrected chi connectivity index (χ1v) is 7.25. The fourth-order valence-corrected chi connectivity index (χ4v) is 2.54. The van der Waals surface area contributed by atoms with Crippen LogP contribution in [0, 0.1) is 0 Å². The molecule has 0 saturated heterocycles. The van der Waals surface area contributed by atoms with Gasteiger partial charge in [-0.15, -0.1) is 0 Å². The van der Waals surface area contributed by atoms with Crippen LogP contribution in [-0.2, 0) is 10.3 Å². The van der Waals surface area contributed by atoms with Crippen molar-refractivity contribution in [2.75, 3.05) is 0 Å². The minimum atomic E-state index is -1.49. The zero-order valence-corrected chi connectivity index (χ0v) is 12.8. The molecule has 0 bridgehead atoms. The maximum atomic E-state index is 12.5. The van der Waals surface area contributed by atoms with Crippen molar-refractivity contribution < 1.29 is 14.7 Å². The molecule has 1 unspecified atom stereocenters. The van der Waals surface area contributed by atoms with Crippen LogP contribution in [0.5, 0.6) is 0 Å². The molecule has 1 amide bonds. The highest BCUT2D eigenvalue weighted by atomic mass is 35.5. The van der Waals surface area contributed by atoms with E-state index in [9.17, 15) is 14.7 Å². The number of carbonyl (C=O) groups is 2. The predicted octanol–water partition coefficient (Wildman–Crippen LogP) is 3.46. The van der Waals surface area contributed by atoms with E-state index in [0.717, 1.165) is 0 Å². The molecule has 2 aromatic rings. The predicted molar refractivity (Wildman–Crippen MR) is 85.0 cm³/mol. The Bertz CT molecular complexity index is 687. The largest absolute Gasteiger partial charge is 0.479 e. The average molecular weight is 318 g/mol. The minimum absolute atomic E-state index is 0.211. The third-order valence-corrected chi connectivity index (χ3v) is 3.94. The van der Waals surface area contributed by atoms with Crippen LogP contribution < -0.4 is 5.32 Å². The van der Waals surface area contributed by atoms with Crippen molar-refractivity contribution in [1.82, 2.24) is 5.32 Å². The van der Waals surface area contributed by atoms with Crippen LogP contribution in [0.4, 0.5) is 0 Å². The van der Waals surface area contributed by atoms with E-state index in [1.54, 1.807) is 61.5 Å². The molecular formula is C17H16ClNO3. The van der Waals surface area contributed by atoms with E-state index in [4.69, 9.17) is 11.6 Å². The molecule has 2 N–H and O–H groups in total. The lowest BCUT2D eigenvalue weighted by molar-refractivity contribution is -0.145. The highest BCUT2D eigenvalue weighted by Gasteiger charge is 2.40. The van der Waals surface area contributed by atoms with Gasteiger partial charge < -0.3 is 10.4 Å². The molecule has 0 aliphatic carbocycles. The third-order valence-electron chi connectivity index (χ3n) is 3.61. The van der Waals surface area contributed by atoms with Gasteiger partial charge in [-0.1, -0.05) is 61.0 Å². The van der Waals surface area contributed by atoms with E-state index in [-0.39, 0.29) is 17.0 Å². The molecule has 0 aromatic heterocycles. The zero-order valence-electron chi connectivity index (χ0n) is 12.0. The smallest absolute Gasteiger partial charge is 0.334 e. The fraction of sp³-hybridized carbons (Fsp3) is 0.176. The normalized spacial score (nSPS) is 13.2. The van der Waals surface area contributed by atoms with E-state index < -0.39 is 17.4 Å². The lowest BCUT2D eigenvalue weighted by Crippen LogP contribution is -2.51. The van der Waals surface area contributed by atoms with Crippen molar-refractivity contribution >= 4 is 23.5 Å². The van der Waals surface area contributed by atoms with Gasteiger partial charge in [0.2, 0.25) is 0 Å². The molecule has 0 fully saturated rings. The second-order valence-electron chi connectivity index (χ2n) is 4.86. The van der Waals surface area contributed by atoms with Gasteiger partial charge in [-0.05, 0) is 24.1 Å². The molecule has 4 nitrogen and oxygen atoms in total. The van der Waals surface area contributed by atoms with Gasteiger partial charge in [0.25, 0.3) is 5.91 Å². The summed E-state index contributed by atoms with van der Waals surface area (Å²) in [5.74, 6) is -1.62. The first kappa shape index (κ1) is 16.0. The lowest BCUT2D eigenvalue weighted by Gasteiger charge is -2.30. The molecule has 0 aliphatic heterocycles. The molecule has 5 heteroatoms. The van der Waals surface area contributed by atoms with Crippen LogP contribution in [0.15, 0.2) is 54.6 Å². The highest BCUT2D eigenvalue weighted by molar-refractivity contribution is 6.33. The Morgan fingerprint density at radius 2 is 1.68 bits per heavy atom. The van der Waals surface area contributed by atoms with Crippen molar-refractivity contribution in [2.24, 2.45) is 0 Å². The van der Waals surface area contributed by atoms with E-state index >= 15 is 0 Å². The molecule has 0 radical (unpaired) electrons. The van der Waals surface area contributed by atoms with Crippen molar-refractivity contribution in [3.05, 3.63) is 70.7 Å². The number of carbonyl (C=O) groups excluding carboxylic acids is 1. The number of nitrogens with one attached hydrogen (secondary N) is 1. The number of benzene rings is 2. The molecule has 0 heterocycles. The fourth-order valence-electron chi connectivity index (χ4n) is 2.32. The Morgan fingerprint density at radius 1 is 1.09 bits per heavy atom. The maximum absolute atomic E-state index is 12.5. The number of hydrogen-bond acceptors (Lipinski definition) is 2. The average Bonchev–Trinajstić information content (AvgIpc) is 2.53. The summed E-state index contributed by atoms with van der Waals surface area (Å²) in [6.45, 7) is 1.72. The standard InChI is InChI=1S/C17H16ClNO3/c1-2-17(16(21)22,12-8-4-3-5-9-12)19-15(20)13-10-6-7-11-14(13)18/h3-11H,2H2,1H3,(H,19,20)(H,21,22). The summed E-state index contributed by atoms with van der Waals surface area (Å²) in [7, 11) is 0. The van der Waals surface area contributed by atoms with Crippen molar-refractivity contribution in [1.29, 1.82) is 0 Å². The summed E-state index contributed by atoms with van der Waals surface area (Å²) >= 11 is 6.01. The van der Waals surface area contributed by atoms with E-state index in [1.165, 1.54) is 0 Å². The molecular weight excluding hydrogens is 302 g/mol. The number of carboxylic acid groups (broad SMARTS) is 1. The molecule has 0 spiro atoms. The first-order valence-electron chi connectivity index (χ1n) is 6.87. The molecule has 0 saturated carbocycles. The quantitative estimate of drug-likeness (QED) is 0.887. The minimum Gasteiger partial charge on any atom is -0.479 e. The van der Waals surface area contributed by atoms with E-state index in [2.05, 4.69) is 5.32 Å². The van der Waals surface area contributed by atoms with E-state index in [0.29, 0.717) is 5.56 Å². The maximum Gasteiger partial charge on any atom is 0.334 e. The van der Waals surface area contributed by atoms with Gasteiger partial charge in [0, 0.05) is 0 Å². The van der Waals surface area contributed by atoms with Crippen molar-refractivity contribution in [3.8, 4) is 0 Å². The summed E-state index contributed by atoms with van der Waals surface area (Å²) < 4.78 is 0. The lowest BCUT2D eigenvalue weighted by atomic mass is 9.87. The van der Waals surface area contributed by atoms with Crippen LogP contribution in [0.25, 0.3) is 0 Å². The van der Waals surface area contributed by atoms with Gasteiger partial charge >= 0.3 is 5.97 Å². The Balaban J connectivity index is 2.42. The Hall–Kier alpha value is -2.33. The summed E-state index contributed by atoms with van der Waals surface area (Å²) in [5, 5.41) is 12.6. The number of amides is 1. The SMILES string of the molecule is CCC(NC(=O)c1ccccc1Cl)(C(=O)O)c1ccccc1. The summed E-state index contributed by atoms with van der Waals surface area (Å²) in [6, 6.07) is 15.2. The summed E-state index contributed by atoms with van der Waals surface area (Å²) in [6.07, 6.45) is 0.211. The van der Waals surface area contributed by atoms with Gasteiger partial charge in [0.05, 0.1) is 10.6 Å². The third kappa shape index (κ3) is 2.97. The molecule has 2 aromatic carbocycles. The summed E-state index contributed by atoms with van der Waals surface area (Å²) in [4.78, 5) is 24.3. The Kier molecular flexibility index (Phi) is 4.83. The number of aliphatic carboxylic acids is 1. The summed E-state index contributed by atoms with van der Waals surface area (Å²) in [5.41, 5.74) is -0.720. The second-order valence-corrected chi connectivity index (χ2v) is 5.27. The Labute approximate surface area is 133 Å². The van der Waals surface area contributed by atoms with Gasteiger partial charge in [0.15, 0.2) is 5.54 Å². The second kappa shape index (κ2) is 6.62. The van der Waals surface area contributed by atoms with Gasteiger partial charge in [-0.2, -0.15) is 0 Å². The monoisotopic (exact) mass is 317 g/mol. The Morgan fingerprint density at radius 3 is 2.23 bits per heavy atom. The number of halogens is 1. The molecule has 0 aliphatic rings.